The van der Waals surface area contributed by atoms with Gasteiger partial charge in [-0.25, -0.2) is 4.79 Å². The van der Waals surface area contributed by atoms with Crippen molar-refractivity contribution >= 4 is 11.7 Å². The normalized spacial score (nSPS) is 9.87. The fourth-order valence-electron chi connectivity index (χ4n) is 1.08. The Morgan fingerprint density at radius 2 is 2.07 bits per heavy atom. The highest BCUT2D eigenvalue weighted by Gasteiger charge is 2.07. The molecule has 1 aromatic carbocycles. The van der Waals surface area contributed by atoms with Crippen molar-refractivity contribution in [3.63, 3.8) is 0 Å². The molecule has 0 aliphatic heterocycles. The molecule has 0 radical (unpaired) electrons. The average Bonchev–Trinajstić information content (AvgIpc) is 2.65. The summed E-state index contributed by atoms with van der Waals surface area (Å²) in [5.41, 5.74) is 6.32. The van der Waals surface area contributed by atoms with E-state index in [4.69, 9.17) is 10.6 Å². The quantitative estimate of drug-likeness (QED) is 0.781. The van der Waals surface area contributed by atoms with Gasteiger partial charge in [0.15, 0.2) is 0 Å². The molecule has 2 N–H and O–H groups in total. The van der Waals surface area contributed by atoms with E-state index >= 15 is 0 Å². The second-order valence-electron chi connectivity index (χ2n) is 2.92. The standard InChI is InChI=1S/C10H9N3O2/c11-9-6-12-13(7-9)15-10(14)8-4-2-1-3-5-8/h1-7H,11H2. The molecule has 2 aromatic rings. The first kappa shape index (κ1) is 9.26. The third-order valence-electron chi connectivity index (χ3n) is 1.77. The monoisotopic (exact) mass is 203 g/mol. The van der Waals surface area contributed by atoms with E-state index in [0.717, 1.165) is 4.85 Å². The molecule has 0 aliphatic carbocycles. The highest BCUT2D eigenvalue weighted by Crippen LogP contribution is 2.00. The maximum absolute atomic E-state index is 11.5. The summed E-state index contributed by atoms with van der Waals surface area (Å²) in [4.78, 5) is 17.4. The van der Waals surface area contributed by atoms with Gasteiger partial charge in [-0.3, -0.25) is 0 Å². The van der Waals surface area contributed by atoms with Gasteiger partial charge in [0.05, 0.1) is 23.6 Å². The number of nitrogen functional groups attached to an aromatic ring is 1. The topological polar surface area (TPSA) is 70.1 Å². The third kappa shape index (κ3) is 2.14. The first-order valence-electron chi connectivity index (χ1n) is 4.33. The zero-order chi connectivity index (χ0) is 10.7. The van der Waals surface area contributed by atoms with Crippen LogP contribution in [0.15, 0.2) is 42.7 Å². The summed E-state index contributed by atoms with van der Waals surface area (Å²) in [7, 11) is 0. The fraction of sp³-hybridized carbons (Fsp3) is 0. The van der Waals surface area contributed by atoms with E-state index in [0.29, 0.717) is 11.3 Å². The Balaban J connectivity index is 2.11. The summed E-state index contributed by atoms with van der Waals surface area (Å²) in [6.45, 7) is 0. The molecule has 0 saturated carbocycles. The van der Waals surface area contributed by atoms with Crippen LogP contribution < -0.4 is 10.6 Å². The van der Waals surface area contributed by atoms with Crippen LogP contribution in [0, 0.1) is 0 Å². The largest absolute Gasteiger partial charge is 0.396 e. The third-order valence-corrected chi connectivity index (χ3v) is 1.77. The minimum absolute atomic E-state index is 0.441. The Bertz CT molecular complexity index is 465. The molecule has 0 bridgehead atoms. The van der Waals surface area contributed by atoms with E-state index in [1.807, 2.05) is 6.07 Å². The smallest absolute Gasteiger partial charge is 0.365 e. The Hall–Kier alpha value is -2.30. The zero-order valence-electron chi connectivity index (χ0n) is 7.83. The fourth-order valence-corrected chi connectivity index (χ4v) is 1.08. The maximum Gasteiger partial charge on any atom is 0.365 e. The Morgan fingerprint density at radius 3 is 2.67 bits per heavy atom. The van der Waals surface area contributed by atoms with Crippen molar-refractivity contribution in [3.8, 4) is 0 Å². The van der Waals surface area contributed by atoms with Gasteiger partial charge >= 0.3 is 5.97 Å². The van der Waals surface area contributed by atoms with Crippen molar-refractivity contribution in [2.75, 3.05) is 5.73 Å². The van der Waals surface area contributed by atoms with Crippen molar-refractivity contribution in [2.24, 2.45) is 0 Å². The number of carbonyl (C=O) groups is 1. The van der Waals surface area contributed by atoms with E-state index in [1.54, 1.807) is 24.3 Å². The number of anilines is 1. The van der Waals surface area contributed by atoms with E-state index in [2.05, 4.69) is 5.10 Å². The van der Waals surface area contributed by atoms with Crippen molar-refractivity contribution in [2.45, 2.75) is 0 Å². The van der Waals surface area contributed by atoms with Crippen LogP contribution in [-0.4, -0.2) is 15.9 Å². The minimum Gasteiger partial charge on any atom is -0.396 e. The summed E-state index contributed by atoms with van der Waals surface area (Å²) in [6.07, 6.45) is 2.82. The van der Waals surface area contributed by atoms with Crippen LogP contribution in [0.25, 0.3) is 0 Å². The number of nitrogens with zero attached hydrogens (tertiary/aromatic N) is 2. The average molecular weight is 203 g/mol. The van der Waals surface area contributed by atoms with Crippen molar-refractivity contribution in [1.29, 1.82) is 0 Å². The van der Waals surface area contributed by atoms with E-state index in [-0.39, 0.29) is 0 Å². The predicted molar refractivity (Wildman–Crippen MR) is 54.0 cm³/mol. The molecule has 0 unspecified atom stereocenters. The zero-order valence-corrected chi connectivity index (χ0v) is 7.83. The molecule has 5 nitrogen and oxygen atoms in total. The highest BCUT2D eigenvalue weighted by atomic mass is 16.7. The van der Waals surface area contributed by atoms with Gasteiger partial charge in [-0.2, -0.15) is 0 Å². The van der Waals surface area contributed by atoms with Crippen LogP contribution in [0.2, 0.25) is 0 Å². The lowest BCUT2D eigenvalue weighted by molar-refractivity contribution is 0.0395. The summed E-state index contributed by atoms with van der Waals surface area (Å²) >= 11 is 0. The lowest BCUT2D eigenvalue weighted by Crippen LogP contribution is -2.20. The van der Waals surface area contributed by atoms with Crippen LogP contribution in [0.1, 0.15) is 10.4 Å². The van der Waals surface area contributed by atoms with Gasteiger partial charge in [0.25, 0.3) is 0 Å². The van der Waals surface area contributed by atoms with Gasteiger partial charge in [-0.05, 0) is 12.1 Å². The van der Waals surface area contributed by atoms with Gasteiger partial charge in [-0.1, -0.05) is 23.0 Å². The van der Waals surface area contributed by atoms with E-state index in [1.165, 1.54) is 12.4 Å². The Kier molecular flexibility index (Phi) is 2.37. The molecule has 0 amide bonds. The van der Waals surface area contributed by atoms with Gasteiger partial charge in [0.2, 0.25) is 0 Å². The number of rotatable bonds is 2. The molecule has 0 saturated heterocycles. The molecule has 76 valence electrons. The number of hydrogen-bond donors (Lipinski definition) is 1. The molecular formula is C10H9N3O2. The molecule has 0 spiro atoms. The van der Waals surface area contributed by atoms with Crippen LogP contribution in [0.5, 0.6) is 0 Å². The number of aromatic nitrogens is 2. The van der Waals surface area contributed by atoms with Gasteiger partial charge in [0.1, 0.15) is 0 Å². The van der Waals surface area contributed by atoms with Gasteiger partial charge < -0.3 is 10.6 Å². The van der Waals surface area contributed by atoms with Crippen molar-refractivity contribution < 1.29 is 9.63 Å². The first-order chi connectivity index (χ1) is 7.25. The highest BCUT2D eigenvalue weighted by molar-refractivity contribution is 5.89. The number of carbonyl (C=O) groups excluding carboxylic acids is 1. The summed E-state index contributed by atoms with van der Waals surface area (Å²) in [6, 6.07) is 8.66. The molecule has 0 aliphatic rings. The predicted octanol–water partition coefficient (Wildman–Crippen LogP) is 0.734. The molecule has 0 atom stereocenters. The molecule has 0 fully saturated rings. The summed E-state index contributed by atoms with van der Waals surface area (Å²) in [5.74, 6) is -0.473. The number of hydrogen-bond acceptors (Lipinski definition) is 4. The summed E-state index contributed by atoms with van der Waals surface area (Å²) in [5, 5.41) is 3.73. The second kappa shape index (κ2) is 3.83. The first-order valence-corrected chi connectivity index (χ1v) is 4.33. The van der Waals surface area contributed by atoms with Crippen molar-refractivity contribution in [1.82, 2.24) is 9.94 Å². The molecule has 15 heavy (non-hydrogen) atoms. The van der Waals surface area contributed by atoms with E-state index < -0.39 is 5.97 Å². The Labute approximate surface area is 86.0 Å². The van der Waals surface area contributed by atoms with Gasteiger partial charge in [-0.15, -0.1) is 5.10 Å². The van der Waals surface area contributed by atoms with Crippen LogP contribution in [0.4, 0.5) is 5.69 Å². The van der Waals surface area contributed by atoms with Crippen LogP contribution in [-0.2, 0) is 0 Å². The maximum atomic E-state index is 11.5. The minimum atomic E-state index is -0.473. The Morgan fingerprint density at radius 1 is 1.33 bits per heavy atom. The SMILES string of the molecule is Nc1cnn(OC(=O)c2ccccc2)c1. The number of nitrogens with two attached hydrogens (primary N) is 1. The molecule has 1 aromatic heterocycles. The molecule has 1 heterocycles. The van der Waals surface area contributed by atoms with Gasteiger partial charge in [0, 0.05) is 0 Å². The lowest BCUT2D eigenvalue weighted by Gasteiger charge is -2.01. The molecule has 2 rings (SSSR count). The van der Waals surface area contributed by atoms with Crippen LogP contribution >= 0.6 is 0 Å². The summed E-state index contributed by atoms with van der Waals surface area (Å²) < 4.78 is 0. The molecule has 5 heteroatoms. The number of benzene rings is 1. The second-order valence-corrected chi connectivity index (χ2v) is 2.92. The molecular weight excluding hydrogens is 194 g/mol. The lowest BCUT2D eigenvalue weighted by atomic mass is 10.2. The van der Waals surface area contributed by atoms with E-state index in [9.17, 15) is 4.79 Å². The van der Waals surface area contributed by atoms with Crippen molar-refractivity contribution in [3.05, 3.63) is 48.3 Å². The van der Waals surface area contributed by atoms with Crippen LogP contribution in [0.3, 0.4) is 0 Å².